The Morgan fingerprint density at radius 2 is 1.60 bits per heavy atom. The molecule has 0 saturated carbocycles. The number of Topliss-reactive ketones (excluding diaryl/α,β-unsaturated/α-hetero) is 1. The summed E-state index contributed by atoms with van der Waals surface area (Å²) in [5.41, 5.74) is 1.41. The van der Waals surface area contributed by atoms with Crippen LogP contribution < -0.4 is 10.6 Å². The highest BCUT2D eigenvalue weighted by Crippen LogP contribution is 2.37. The molecule has 2 aliphatic heterocycles. The molecule has 0 spiro atoms. The number of carbonyl (C=O) groups is 5. The number of hydrogen-bond donors (Lipinski definition) is 4. The van der Waals surface area contributed by atoms with Gasteiger partial charge in [-0.2, -0.15) is 0 Å². The number of amides is 4. The highest BCUT2D eigenvalue weighted by atomic mass is 32.1. The largest absolute Gasteiger partial charge is 0.387 e. The molecule has 278 valence electrons. The molecule has 4 aromatic heterocycles. The van der Waals surface area contributed by atoms with Gasteiger partial charge in [-0.3, -0.25) is 28.4 Å². The van der Waals surface area contributed by atoms with Crippen molar-refractivity contribution in [1.82, 2.24) is 44.8 Å². The van der Waals surface area contributed by atoms with Crippen LogP contribution in [0.15, 0.2) is 24.8 Å². The second kappa shape index (κ2) is 15.6. The number of aliphatic hydroxyl groups excluding tert-OH is 1. The summed E-state index contributed by atoms with van der Waals surface area (Å²) >= 11 is 2.96. The Balaban J connectivity index is 1.11. The lowest BCUT2D eigenvalue weighted by atomic mass is 10.0. The van der Waals surface area contributed by atoms with Crippen LogP contribution in [0.5, 0.6) is 0 Å². The van der Waals surface area contributed by atoms with E-state index in [9.17, 15) is 29.1 Å². The molecule has 6 rings (SSSR count). The Bertz CT molecular complexity index is 1930. The molecule has 4 amide bonds. The lowest BCUT2D eigenvalue weighted by Gasteiger charge is -2.30. The minimum atomic E-state index is -0.740. The van der Waals surface area contributed by atoms with Crippen molar-refractivity contribution in [3.8, 4) is 20.5 Å². The van der Waals surface area contributed by atoms with Gasteiger partial charge in [-0.15, -0.1) is 11.3 Å². The van der Waals surface area contributed by atoms with Gasteiger partial charge in [-0.1, -0.05) is 39.0 Å². The van der Waals surface area contributed by atoms with Crippen molar-refractivity contribution < 1.29 is 29.1 Å². The molecule has 2 saturated heterocycles. The summed E-state index contributed by atoms with van der Waals surface area (Å²) in [6, 6.07) is -2.21. The molecule has 4 atom stereocenters. The molecule has 17 heteroatoms. The number of likely N-dealkylation sites (tertiary alicyclic amines) is 2. The van der Waals surface area contributed by atoms with E-state index in [0.717, 1.165) is 44.7 Å². The number of nitrogens with one attached hydrogen (secondary N) is 3. The van der Waals surface area contributed by atoms with Crippen LogP contribution in [0.1, 0.15) is 77.9 Å². The van der Waals surface area contributed by atoms with E-state index in [4.69, 9.17) is 4.98 Å². The van der Waals surface area contributed by atoms with E-state index in [2.05, 4.69) is 25.6 Å². The third-order valence-corrected chi connectivity index (χ3v) is 11.8. The fourth-order valence-corrected chi connectivity index (χ4v) is 8.88. The third-order valence-electron chi connectivity index (χ3n) is 9.58. The molecule has 0 unspecified atom stereocenters. The molecule has 0 aliphatic carbocycles. The van der Waals surface area contributed by atoms with Gasteiger partial charge in [0.1, 0.15) is 29.5 Å². The van der Waals surface area contributed by atoms with Crippen LogP contribution in [-0.2, 0) is 30.4 Å². The maximum Gasteiger partial charge on any atom is 0.246 e. The molecule has 0 aromatic carbocycles. The number of aromatic amines is 1. The van der Waals surface area contributed by atoms with E-state index in [0.29, 0.717) is 31.0 Å². The first-order chi connectivity index (χ1) is 24.8. The summed E-state index contributed by atoms with van der Waals surface area (Å²) in [6.07, 6.45) is 10.3. The Morgan fingerprint density at radius 3 is 2.29 bits per heavy atom. The number of rotatable bonds is 13. The summed E-state index contributed by atoms with van der Waals surface area (Å²) in [6.45, 7) is 9.22. The molecule has 2 fully saturated rings. The summed E-state index contributed by atoms with van der Waals surface area (Å²) < 4.78 is 1.89. The van der Waals surface area contributed by atoms with Crippen molar-refractivity contribution in [3.63, 3.8) is 0 Å². The Hall–Kier alpha value is -4.48. The van der Waals surface area contributed by atoms with Gasteiger partial charge in [-0.05, 0) is 37.5 Å². The summed E-state index contributed by atoms with van der Waals surface area (Å²) in [4.78, 5) is 87.1. The van der Waals surface area contributed by atoms with Crippen LogP contribution in [0.25, 0.3) is 25.4 Å². The van der Waals surface area contributed by atoms with Crippen molar-refractivity contribution in [3.05, 3.63) is 36.3 Å². The lowest BCUT2D eigenvalue weighted by molar-refractivity contribution is -0.141. The molecule has 52 heavy (non-hydrogen) atoms. The third kappa shape index (κ3) is 7.80. The van der Waals surface area contributed by atoms with Gasteiger partial charge >= 0.3 is 0 Å². The van der Waals surface area contributed by atoms with Crippen molar-refractivity contribution in [2.45, 2.75) is 90.9 Å². The second-order valence-electron chi connectivity index (χ2n) is 14.1. The maximum atomic E-state index is 13.5. The van der Waals surface area contributed by atoms with E-state index < -0.39 is 30.6 Å². The van der Waals surface area contributed by atoms with Crippen molar-refractivity contribution in [2.24, 2.45) is 11.8 Å². The van der Waals surface area contributed by atoms with Crippen LogP contribution >= 0.6 is 22.7 Å². The van der Waals surface area contributed by atoms with Crippen molar-refractivity contribution >= 4 is 57.0 Å². The average molecular weight is 752 g/mol. The molecule has 0 radical (unpaired) electrons. The number of aliphatic hydroxyl groups is 1. The number of thiazole rings is 2. The fourth-order valence-electron chi connectivity index (χ4n) is 6.97. The zero-order chi connectivity index (χ0) is 37.3. The zero-order valence-electron chi connectivity index (χ0n) is 29.9. The molecule has 4 aromatic rings. The molecule has 6 heterocycles. The summed E-state index contributed by atoms with van der Waals surface area (Å²) in [5, 5.41) is 15.4. The van der Waals surface area contributed by atoms with E-state index >= 15 is 0 Å². The van der Waals surface area contributed by atoms with E-state index in [1.165, 1.54) is 29.6 Å². The predicted molar refractivity (Wildman–Crippen MR) is 195 cm³/mol. The molecule has 2 aliphatic rings. The first-order valence-electron chi connectivity index (χ1n) is 17.6. The molecular formula is C35H45N9O6S2. The number of hydrogen-bond acceptors (Lipinski definition) is 11. The van der Waals surface area contributed by atoms with Gasteiger partial charge in [-0.25, -0.2) is 15.0 Å². The number of nitrogens with zero attached hydrogens (tertiary/aromatic N) is 6. The smallest absolute Gasteiger partial charge is 0.246 e. The van der Waals surface area contributed by atoms with E-state index in [1.54, 1.807) is 22.2 Å². The first-order valence-corrected chi connectivity index (χ1v) is 19.3. The van der Waals surface area contributed by atoms with Crippen LogP contribution in [-0.4, -0.2) is 106 Å². The van der Waals surface area contributed by atoms with Crippen LogP contribution in [0.4, 0.5) is 0 Å². The van der Waals surface area contributed by atoms with Gasteiger partial charge in [0.15, 0.2) is 10.7 Å². The van der Waals surface area contributed by atoms with Gasteiger partial charge in [0.25, 0.3) is 0 Å². The number of fused-ring (bicyclic) bond motifs is 1. The lowest BCUT2D eigenvalue weighted by Crippen LogP contribution is -2.53. The fraction of sp³-hybridized carbons (Fsp3) is 0.543. The normalized spacial score (nSPS) is 18.8. The summed E-state index contributed by atoms with van der Waals surface area (Å²) in [5.74, 6) is -0.925. The quantitative estimate of drug-likeness (QED) is 0.159. The average Bonchev–Trinajstić information content (AvgIpc) is 3.94. The topological polar surface area (TPSA) is 195 Å². The molecular weight excluding hydrogens is 707 g/mol. The standard InChI is InChI=1S/C35H45N9O6S2/c1-18(2)29(38-20(5)46)33(49)43-10-6-8-23(43)25(47)12-21-15-42-16-27(52-35(42)39-21)32-37-14-26(51-32)22-13-36-31(40-22)24-9-7-11-44(24)34(50)30(19(3)4)41-28(48)17-45/h13-16,18-19,23-24,29-30,45H,6-12,17H2,1-5H3,(H,36,40)(H,38,46)(H,41,48)/t23-,24-,29-,30-/m0/s1. The minimum Gasteiger partial charge on any atom is -0.387 e. The highest BCUT2D eigenvalue weighted by Gasteiger charge is 2.39. The monoisotopic (exact) mass is 751 g/mol. The van der Waals surface area contributed by atoms with Crippen LogP contribution in [0.3, 0.4) is 0 Å². The minimum absolute atomic E-state index is 0.0658. The molecule has 4 N–H and O–H groups in total. The van der Waals surface area contributed by atoms with Crippen LogP contribution in [0, 0.1) is 11.8 Å². The number of aromatic nitrogens is 5. The molecule has 15 nitrogen and oxygen atoms in total. The van der Waals surface area contributed by atoms with E-state index in [1.807, 2.05) is 44.5 Å². The van der Waals surface area contributed by atoms with Gasteiger partial charge in [0.05, 0.1) is 45.8 Å². The Kier molecular flexibility index (Phi) is 11.2. The maximum absolute atomic E-state index is 13.5. The van der Waals surface area contributed by atoms with Gasteiger partial charge < -0.3 is 30.5 Å². The van der Waals surface area contributed by atoms with Crippen LogP contribution in [0.2, 0.25) is 0 Å². The van der Waals surface area contributed by atoms with Crippen molar-refractivity contribution in [1.29, 1.82) is 0 Å². The predicted octanol–water partition coefficient (Wildman–Crippen LogP) is 2.97. The Labute approximate surface area is 309 Å². The number of imidazole rings is 2. The highest BCUT2D eigenvalue weighted by molar-refractivity contribution is 7.25. The Morgan fingerprint density at radius 1 is 0.904 bits per heavy atom. The molecule has 0 bridgehead atoms. The first kappa shape index (κ1) is 37.3. The number of ketones is 1. The SMILES string of the molecule is CC(=O)N[C@H](C(=O)N1CCC[C@H]1C(=O)Cc1cn2cc(-c3ncc(-c4cnc([C@@H]5CCCN5C(=O)[C@@H](NC(=O)CO)C(C)C)[nH]4)s3)sc2n1)C(C)C. The summed E-state index contributed by atoms with van der Waals surface area (Å²) in [7, 11) is 0. The number of H-pyrrole nitrogens is 1. The van der Waals surface area contributed by atoms with Gasteiger partial charge in [0, 0.05) is 38.6 Å². The zero-order valence-corrected chi connectivity index (χ0v) is 31.6. The second-order valence-corrected chi connectivity index (χ2v) is 16.2. The van der Waals surface area contributed by atoms with Gasteiger partial charge in [0.2, 0.25) is 23.6 Å². The number of carbonyl (C=O) groups excluding carboxylic acids is 5. The van der Waals surface area contributed by atoms with E-state index in [-0.39, 0.29) is 47.8 Å². The van der Waals surface area contributed by atoms with Crippen molar-refractivity contribution in [2.75, 3.05) is 19.7 Å².